The number of aromatic amines is 1. The lowest BCUT2D eigenvalue weighted by Crippen LogP contribution is -2.11. The Hall–Kier alpha value is -4.42. The lowest BCUT2D eigenvalue weighted by molar-refractivity contribution is 0.112. The number of carbonyl (C=O) groups excluding carboxylic acids is 1. The number of aldehydes is 1. The van der Waals surface area contributed by atoms with E-state index in [0.717, 1.165) is 50.4 Å². The molecule has 0 unspecified atom stereocenters. The largest absolute Gasteiger partial charge is 0.361 e. The van der Waals surface area contributed by atoms with E-state index in [2.05, 4.69) is 11.1 Å². The standard InChI is InChI=1S/C30H22N2O3S/c1-20-2-10-26(11-3-20)36(34,35)32-18-28(24-8-12-29-25(16-24)14-15-31-29)27-17-23(9-13-30(27)32)22-6-4-21(19-33)5-7-22/h2-19,31H,1H3. The predicted octanol–water partition coefficient (Wildman–Crippen LogP) is 6.81. The van der Waals surface area contributed by atoms with Crippen LogP contribution in [0.1, 0.15) is 15.9 Å². The highest BCUT2D eigenvalue weighted by atomic mass is 32.2. The third kappa shape index (κ3) is 3.63. The summed E-state index contributed by atoms with van der Waals surface area (Å²) in [5, 5.41) is 1.88. The Bertz CT molecular complexity index is 1860. The van der Waals surface area contributed by atoms with E-state index in [0.29, 0.717) is 11.1 Å². The SMILES string of the molecule is Cc1ccc(S(=O)(=O)n2cc(-c3ccc4[nH]ccc4c3)c3cc(-c4ccc(C=O)cc4)ccc32)cc1. The number of nitrogens with one attached hydrogen (secondary N) is 1. The lowest BCUT2D eigenvalue weighted by Gasteiger charge is -2.09. The molecule has 0 saturated heterocycles. The van der Waals surface area contributed by atoms with Crippen molar-refractivity contribution in [3.05, 3.63) is 115 Å². The fraction of sp³-hybridized carbons (Fsp3) is 0.0333. The second-order valence-electron chi connectivity index (χ2n) is 8.91. The van der Waals surface area contributed by atoms with Crippen molar-refractivity contribution in [1.82, 2.24) is 8.96 Å². The van der Waals surface area contributed by atoms with Crippen molar-refractivity contribution in [2.45, 2.75) is 11.8 Å². The maximum Gasteiger partial charge on any atom is 0.268 e. The number of hydrogen-bond acceptors (Lipinski definition) is 3. The van der Waals surface area contributed by atoms with E-state index in [1.165, 1.54) is 3.97 Å². The summed E-state index contributed by atoms with van der Waals surface area (Å²) in [4.78, 5) is 14.5. The molecule has 0 aliphatic carbocycles. The van der Waals surface area contributed by atoms with Crippen LogP contribution in [0.4, 0.5) is 0 Å². The molecule has 0 spiro atoms. The van der Waals surface area contributed by atoms with Gasteiger partial charge in [0, 0.05) is 34.4 Å². The molecule has 4 aromatic carbocycles. The minimum absolute atomic E-state index is 0.242. The van der Waals surface area contributed by atoms with E-state index < -0.39 is 10.0 Å². The van der Waals surface area contributed by atoms with Gasteiger partial charge in [-0.1, -0.05) is 54.1 Å². The highest BCUT2D eigenvalue weighted by Gasteiger charge is 2.22. The minimum Gasteiger partial charge on any atom is -0.361 e. The van der Waals surface area contributed by atoms with Crippen LogP contribution >= 0.6 is 0 Å². The van der Waals surface area contributed by atoms with Gasteiger partial charge in [-0.25, -0.2) is 12.4 Å². The monoisotopic (exact) mass is 490 g/mol. The van der Waals surface area contributed by atoms with E-state index >= 15 is 0 Å². The van der Waals surface area contributed by atoms with Crippen molar-refractivity contribution in [3.63, 3.8) is 0 Å². The second-order valence-corrected chi connectivity index (χ2v) is 10.7. The van der Waals surface area contributed by atoms with Gasteiger partial charge in [0.15, 0.2) is 0 Å². The molecule has 0 amide bonds. The number of nitrogens with zero attached hydrogens (tertiary/aromatic N) is 1. The average molecular weight is 491 g/mol. The Morgan fingerprint density at radius 1 is 0.778 bits per heavy atom. The van der Waals surface area contributed by atoms with Gasteiger partial charge in [0.05, 0.1) is 10.4 Å². The Balaban J connectivity index is 1.59. The molecule has 1 N–H and O–H groups in total. The van der Waals surface area contributed by atoms with E-state index in [1.807, 2.05) is 61.7 Å². The van der Waals surface area contributed by atoms with Crippen molar-refractivity contribution in [1.29, 1.82) is 0 Å². The number of fused-ring (bicyclic) bond motifs is 2. The quantitative estimate of drug-likeness (QED) is 0.270. The van der Waals surface area contributed by atoms with Crippen LogP contribution in [-0.2, 0) is 10.0 Å². The van der Waals surface area contributed by atoms with Crippen molar-refractivity contribution in [3.8, 4) is 22.3 Å². The number of aromatic nitrogens is 2. The highest BCUT2D eigenvalue weighted by Crippen LogP contribution is 2.37. The Morgan fingerprint density at radius 2 is 1.50 bits per heavy atom. The smallest absolute Gasteiger partial charge is 0.268 e. The topological polar surface area (TPSA) is 71.9 Å². The van der Waals surface area contributed by atoms with Crippen LogP contribution in [0.15, 0.2) is 108 Å². The molecule has 2 aromatic heterocycles. The average Bonchev–Trinajstić information content (AvgIpc) is 3.53. The number of benzene rings is 4. The predicted molar refractivity (Wildman–Crippen MR) is 144 cm³/mol. The van der Waals surface area contributed by atoms with Crippen LogP contribution in [0.3, 0.4) is 0 Å². The third-order valence-corrected chi connectivity index (χ3v) is 8.28. The summed E-state index contributed by atoms with van der Waals surface area (Å²) in [6.45, 7) is 1.93. The third-order valence-electron chi connectivity index (χ3n) is 6.59. The molecule has 5 nitrogen and oxygen atoms in total. The van der Waals surface area contributed by atoms with Crippen molar-refractivity contribution in [2.75, 3.05) is 0 Å². The molecule has 36 heavy (non-hydrogen) atoms. The van der Waals surface area contributed by atoms with E-state index in [1.54, 1.807) is 42.6 Å². The molecular formula is C30H22N2O3S. The van der Waals surface area contributed by atoms with Gasteiger partial charge in [-0.2, -0.15) is 0 Å². The highest BCUT2D eigenvalue weighted by molar-refractivity contribution is 7.90. The van der Waals surface area contributed by atoms with Gasteiger partial charge >= 0.3 is 0 Å². The molecule has 6 aromatic rings. The zero-order chi connectivity index (χ0) is 24.9. The Morgan fingerprint density at radius 3 is 2.25 bits per heavy atom. The minimum atomic E-state index is -3.82. The first kappa shape index (κ1) is 22.1. The van der Waals surface area contributed by atoms with Crippen molar-refractivity contribution < 1.29 is 13.2 Å². The Labute approximate surface area is 208 Å². The summed E-state index contributed by atoms with van der Waals surface area (Å²) >= 11 is 0. The van der Waals surface area contributed by atoms with Crippen LogP contribution in [0.5, 0.6) is 0 Å². The molecular weight excluding hydrogens is 468 g/mol. The van der Waals surface area contributed by atoms with Gasteiger partial charge in [0.2, 0.25) is 0 Å². The van der Waals surface area contributed by atoms with Gasteiger partial charge in [0.1, 0.15) is 6.29 Å². The molecule has 0 radical (unpaired) electrons. The molecule has 0 aliphatic heterocycles. The van der Waals surface area contributed by atoms with Crippen LogP contribution in [0, 0.1) is 6.92 Å². The maximum absolute atomic E-state index is 13.7. The molecule has 0 fully saturated rings. The first-order valence-corrected chi connectivity index (χ1v) is 13.0. The summed E-state index contributed by atoms with van der Waals surface area (Å²) in [7, 11) is -3.82. The number of carbonyl (C=O) groups is 1. The molecule has 0 atom stereocenters. The van der Waals surface area contributed by atoms with Gasteiger partial charge in [-0.3, -0.25) is 4.79 Å². The molecule has 0 saturated carbocycles. The lowest BCUT2D eigenvalue weighted by atomic mass is 9.99. The van der Waals surface area contributed by atoms with Gasteiger partial charge in [0.25, 0.3) is 10.0 Å². The van der Waals surface area contributed by atoms with Crippen molar-refractivity contribution >= 4 is 38.1 Å². The van der Waals surface area contributed by atoms with E-state index in [-0.39, 0.29) is 4.90 Å². The summed E-state index contributed by atoms with van der Waals surface area (Å²) in [5.41, 5.74) is 6.87. The molecule has 176 valence electrons. The summed E-state index contributed by atoms with van der Waals surface area (Å²) in [6, 6.07) is 28.1. The normalized spacial score (nSPS) is 11.8. The molecule has 6 rings (SSSR count). The van der Waals surface area contributed by atoms with Crippen LogP contribution in [0.2, 0.25) is 0 Å². The summed E-state index contributed by atoms with van der Waals surface area (Å²) in [6.07, 6.45) is 4.42. The van der Waals surface area contributed by atoms with Gasteiger partial charge < -0.3 is 4.98 Å². The van der Waals surface area contributed by atoms with Crippen LogP contribution < -0.4 is 0 Å². The number of hydrogen-bond donors (Lipinski definition) is 1. The Kier molecular flexibility index (Phi) is 5.12. The van der Waals surface area contributed by atoms with Crippen molar-refractivity contribution in [2.24, 2.45) is 0 Å². The second kappa shape index (κ2) is 8.36. The van der Waals surface area contributed by atoms with E-state index in [9.17, 15) is 13.2 Å². The molecule has 2 heterocycles. The molecule has 6 heteroatoms. The zero-order valence-electron chi connectivity index (χ0n) is 19.5. The first-order valence-electron chi connectivity index (χ1n) is 11.5. The van der Waals surface area contributed by atoms with Gasteiger partial charge in [-0.05, 0) is 71.5 Å². The first-order chi connectivity index (χ1) is 17.4. The number of rotatable bonds is 5. The fourth-order valence-electron chi connectivity index (χ4n) is 4.61. The molecule has 0 aliphatic rings. The zero-order valence-corrected chi connectivity index (χ0v) is 20.3. The van der Waals surface area contributed by atoms with Crippen LogP contribution in [0.25, 0.3) is 44.1 Å². The molecule has 0 bridgehead atoms. The van der Waals surface area contributed by atoms with Gasteiger partial charge in [-0.15, -0.1) is 0 Å². The summed E-state index contributed by atoms with van der Waals surface area (Å²) in [5.74, 6) is 0. The fourth-order valence-corrected chi connectivity index (χ4v) is 5.98. The summed E-state index contributed by atoms with van der Waals surface area (Å²) < 4.78 is 28.8. The van der Waals surface area contributed by atoms with E-state index in [4.69, 9.17) is 0 Å². The number of H-pyrrole nitrogens is 1. The number of aryl methyl sites for hydroxylation is 1. The maximum atomic E-state index is 13.7. The van der Waals surface area contributed by atoms with Crippen LogP contribution in [-0.4, -0.2) is 23.7 Å².